The molecular weight excluding hydrogens is 208 g/mol. The smallest absolute Gasteiger partial charge is 0.0239 e. The Kier molecular flexibility index (Phi) is 4.19. The molecule has 2 nitrogen and oxygen atoms in total. The third-order valence-electron chi connectivity index (χ3n) is 4.00. The van der Waals surface area contributed by atoms with Gasteiger partial charge in [0.05, 0.1) is 0 Å². The van der Waals surface area contributed by atoms with Gasteiger partial charge in [-0.2, -0.15) is 0 Å². The van der Waals surface area contributed by atoms with Crippen LogP contribution < -0.4 is 5.73 Å². The topological polar surface area (TPSA) is 29.3 Å². The van der Waals surface area contributed by atoms with E-state index >= 15 is 0 Å². The molecule has 2 heteroatoms. The summed E-state index contributed by atoms with van der Waals surface area (Å²) in [7, 11) is 0. The quantitative estimate of drug-likeness (QED) is 0.865. The maximum absolute atomic E-state index is 6.01. The fourth-order valence-electron chi connectivity index (χ4n) is 2.83. The molecule has 94 valence electrons. The Balaban J connectivity index is 2.03. The van der Waals surface area contributed by atoms with E-state index in [2.05, 4.69) is 43.0 Å². The predicted octanol–water partition coefficient (Wildman–Crippen LogP) is 2.70. The first-order valence-corrected chi connectivity index (χ1v) is 6.74. The third kappa shape index (κ3) is 3.08. The highest BCUT2D eigenvalue weighted by Crippen LogP contribution is 2.24. The van der Waals surface area contributed by atoms with Gasteiger partial charge in [-0.15, -0.1) is 0 Å². The fourth-order valence-corrected chi connectivity index (χ4v) is 2.83. The minimum atomic E-state index is 0.422. The van der Waals surface area contributed by atoms with Crippen molar-refractivity contribution in [2.24, 2.45) is 5.73 Å². The minimum Gasteiger partial charge on any atom is -0.328 e. The van der Waals surface area contributed by atoms with Crippen molar-refractivity contribution in [1.29, 1.82) is 0 Å². The number of benzene rings is 1. The average Bonchev–Trinajstić information content (AvgIpc) is 2.75. The molecule has 1 aliphatic rings. The second kappa shape index (κ2) is 5.65. The first kappa shape index (κ1) is 12.6. The van der Waals surface area contributed by atoms with E-state index in [1.807, 2.05) is 0 Å². The Bertz CT molecular complexity index is 362. The van der Waals surface area contributed by atoms with Gasteiger partial charge in [0.2, 0.25) is 0 Å². The van der Waals surface area contributed by atoms with Crippen LogP contribution >= 0.6 is 0 Å². The maximum Gasteiger partial charge on any atom is 0.0239 e. The van der Waals surface area contributed by atoms with Gasteiger partial charge >= 0.3 is 0 Å². The largest absolute Gasteiger partial charge is 0.328 e. The zero-order chi connectivity index (χ0) is 12.3. The Morgan fingerprint density at radius 2 is 2.06 bits per heavy atom. The molecule has 0 heterocycles. The second-order valence-electron chi connectivity index (χ2n) is 5.22. The van der Waals surface area contributed by atoms with Crippen molar-refractivity contribution in [3.05, 3.63) is 35.4 Å². The highest BCUT2D eigenvalue weighted by Gasteiger charge is 2.26. The lowest BCUT2D eigenvalue weighted by Crippen LogP contribution is -2.34. The Labute approximate surface area is 105 Å². The van der Waals surface area contributed by atoms with E-state index in [1.54, 1.807) is 0 Å². The van der Waals surface area contributed by atoms with Crippen molar-refractivity contribution >= 4 is 0 Å². The molecule has 17 heavy (non-hydrogen) atoms. The van der Waals surface area contributed by atoms with Crippen LogP contribution in [0.15, 0.2) is 24.3 Å². The average molecular weight is 232 g/mol. The first-order valence-electron chi connectivity index (χ1n) is 6.74. The summed E-state index contributed by atoms with van der Waals surface area (Å²) in [6, 6.07) is 9.80. The Hall–Kier alpha value is -0.860. The number of rotatable bonds is 4. The molecule has 0 aliphatic heterocycles. The van der Waals surface area contributed by atoms with Crippen LogP contribution in [-0.4, -0.2) is 23.5 Å². The van der Waals surface area contributed by atoms with Gasteiger partial charge in [0.1, 0.15) is 0 Å². The Morgan fingerprint density at radius 1 is 1.29 bits per heavy atom. The normalized spacial score (nSPS) is 24.5. The van der Waals surface area contributed by atoms with Gasteiger partial charge in [-0.05, 0) is 43.9 Å². The lowest BCUT2D eigenvalue weighted by molar-refractivity contribution is 0.198. The van der Waals surface area contributed by atoms with Gasteiger partial charge in [-0.3, -0.25) is 4.90 Å². The number of hydrogen-bond acceptors (Lipinski definition) is 2. The molecular formula is C15H24N2. The van der Waals surface area contributed by atoms with Crippen LogP contribution in [0, 0.1) is 6.92 Å². The first-order chi connectivity index (χ1) is 8.20. The highest BCUT2D eigenvalue weighted by atomic mass is 15.2. The number of hydrogen-bond donors (Lipinski definition) is 1. The molecule has 2 rings (SSSR count). The molecule has 1 saturated carbocycles. The Morgan fingerprint density at radius 3 is 2.65 bits per heavy atom. The van der Waals surface area contributed by atoms with E-state index in [9.17, 15) is 0 Å². The minimum absolute atomic E-state index is 0.422. The summed E-state index contributed by atoms with van der Waals surface area (Å²) in [5, 5.41) is 0. The summed E-state index contributed by atoms with van der Waals surface area (Å²) in [5.74, 6) is 0. The zero-order valence-corrected chi connectivity index (χ0v) is 11.0. The molecule has 1 aliphatic carbocycles. The van der Waals surface area contributed by atoms with E-state index in [0.717, 1.165) is 13.1 Å². The molecule has 1 aromatic carbocycles. The van der Waals surface area contributed by atoms with Gasteiger partial charge in [-0.25, -0.2) is 0 Å². The van der Waals surface area contributed by atoms with Gasteiger partial charge in [0, 0.05) is 18.6 Å². The molecule has 1 aromatic rings. The molecule has 2 unspecified atom stereocenters. The molecule has 0 radical (unpaired) electrons. The number of aryl methyl sites for hydroxylation is 1. The third-order valence-corrected chi connectivity index (χ3v) is 4.00. The van der Waals surface area contributed by atoms with Crippen molar-refractivity contribution in [3.8, 4) is 0 Å². The van der Waals surface area contributed by atoms with Gasteiger partial charge in [0.25, 0.3) is 0 Å². The summed E-state index contributed by atoms with van der Waals surface area (Å²) in [6.07, 6.45) is 3.62. The summed E-state index contributed by atoms with van der Waals surface area (Å²) in [5.41, 5.74) is 8.86. The lowest BCUT2D eigenvalue weighted by atomic mass is 10.1. The summed E-state index contributed by atoms with van der Waals surface area (Å²) in [4.78, 5) is 2.58. The van der Waals surface area contributed by atoms with Crippen molar-refractivity contribution in [2.75, 3.05) is 6.54 Å². The van der Waals surface area contributed by atoms with Crippen LogP contribution in [0.3, 0.4) is 0 Å². The van der Waals surface area contributed by atoms with E-state index in [4.69, 9.17) is 5.73 Å². The van der Waals surface area contributed by atoms with Crippen molar-refractivity contribution < 1.29 is 0 Å². The summed E-state index contributed by atoms with van der Waals surface area (Å²) >= 11 is 0. The van der Waals surface area contributed by atoms with Crippen LogP contribution in [0.1, 0.15) is 37.3 Å². The van der Waals surface area contributed by atoms with E-state index < -0.39 is 0 Å². The van der Waals surface area contributed by atoms with E-state index in [0.29, 0.717) is 12.1 Å². The van der Waals surface area contributed by atoms with Crippen LogP contribution in [-0.2, 0) is 6.54 Å². The number of nitrogens with zero attached hydrogens (tertiary/aromatic N) is 1. The van der Waals surface area contributed by atoms with Gasteiger partial charge < -0.3 is 5.73 Å². The SMILES string of the molecule is CCN(Cc1ccccc1C)C1CCC(N)C1. The second-order valence-corrected chi connectivity index (χ2v) is 5.22. The molecule has 0 aromatic heterocycles. The molecule has 2 N–H and O–H groups in total. The zero-order valence-electron chi connectivity index (χ0n) is 11.0. The number of nitrogens with two attached hydrogens (primary N) is 1. The van der Waals surface area contributed by atoms with Crippen molar-refractivity contribution in [3.63, 3.8) is 0 Å². The lowest BCUT2D eigenvalue weighted by Gasteiger charge is -2.28. The monoisotopic (exact) mass is 232 g/mol. The fraction of sp³-hybridized carbons (Fsp3) is 0.600. The standard InChI is InChI=1S/C15H24N2/c1-3-17(15-9-8-14(16)10-15)11-13-7-5-4-6-12(13)2/h4-7,14-15H,3,8-11,16H2,1-2H3. The predicted molar refractivity (Wildman–Crippen MR) is 72.9 cm³/mol. The maximum atomic E-state index is 6.01. The van der Waals surface area contributed by atoms with Gasteiger partial charge in [0.15, 0.2) is 0 Å². The molecule has 0 amide bonds. The van der Waals surface area contributed by atoms with Crippen molar-refractivity contribution in [1.82, 2.24) is 4.90 Å². The highest BCUT2D eigenvalue weighted by molar-refractivity contribution is 5.25. The molecule has 0 saturated heterocycles. The summed E-state index contributed by atoms with van der Waals surface area (Å²) < 4.78 is 0. The van der Waals surface area contributed by atoms with Crippen molar-refractivity contribution in [2.45, 2.75) is 51.7 Å². The van der Waals surface area contributed by atoms with Gasteiger partial charge in [-0.1, -0.05) is 31.2 Å². The van der Waals surface area contributed by atoms with E-state index in [1.165, 1.54) is 30.4 Å². The molecule has 0 spiro atoms. The molecule has 0 bridgehead atoms. The van der Waals surface area contributed by atoms with Crippen LogP contribution in [0.2, 0.25) is 0 Å². The summed E-state index contributed by atoms with van der Waals surface area (Å²) in [6.45, 7) is 6.64. The van der Waals surface area contributed by atoms with Crippen LogP contribution in [0.25, 0.3) is 0 Å². The van der Waals surface area contributed by atoms with Crippen LogP contribution in [0.4, 0.5) is 0 Å². The van der Waals surface area contributed by atoms with E-state index in [-0.39, 0.29) is 0 Å². The molecule has 2 atom stereocenters. The molecule has 1 fully saturated rings. The van der Waals surface area contributed by atoms with Crippen LogP contribution in [0.5, 0.6) is 0 Å².